The highest BCUT2D eigenvalue weighted by Gasteiger charge is 2.05. The van der Waals surface area contributed by atoms with Crippen molar-refractivity contribution in [2.24, 2.45) is 0 Å². The average molecular weight is 395 g/mol. The number of hydrogen-bond donors (Lipinski definition) is 2. The number of aromatic nitrogens is 4. The Labute approximate surface area is 167 Å². The number of carbonyl (C=O) groups is 1. The lowest BCUT2D eigenvalue weighted by molar-refractivity contribution is 0.240. The molecule has 0 fully saturated rings. The van der Waals surface area contributed by atoms with Crippen LogP contribution >= 0.6 is 11.6 Å². The first kappa shape index (κ1) is 18.1. The minimum Gasteiger partial charge on any atom is -0.334 e. The highest BCUT2D eigenvalue weighted by molar-refractivity contribution is 6.30. The van der Waals surface area contributed by atoms with E-state index in [2.05, 4.69) is 32.7 Å². The first-order chi connectivity index (χ1) is 13.7. The van der Waals surface area contributed by atoms with Gasteiger partial charge in [-0.1, -0.05) is 35.9 Å². The number of amides is 2. The lowest BCUT2D eigenvalue weighted by Crippen LogP contribution is -2.34. The smallest absolute Gasteiger partial charge is 0.315 e. The van der Waals surface area contributed by atoms with Crippen LogP contribution in [0.2, 0.25) is 5.02 Å². The van der Waals surface area contributed by atoms with Crippen molar-refractivity contribution >= 4 is 23.3 Å². The zero-order chi connectivity index (χ0) is 19.3. The van der Waals surface area contributed by atoms with Gasteiger partial charge in [-0.3, -0.25) is 0 Å². The van der Waals surface area contributed by atoms with Gasteiger partial charge < -0.3 is 19.6 Å². The molecule has 0 atom stereocenters. The first-order valence-electron chi connectivity index (χ1n) is 8.84. The van der Waals surface area contributed by atoms with Gasteiger partial charge in [0, 0.05) is 37.9 Å². The molecule has 0 unspecified atom stereocenters. The van der Waals surface area contributed by atoms with Gasteiger partial charge in [-0.05, 0) is 23.3 Å². The Morgan fingerprint density at radius 2 is 1.79 bits per heavy atom. The third kappa shape index (κ3) is 4.50. The molecule has 0 aliphatic rings. The summed E-state index contributed by atoms with van der Waals surface area (Å²) in [6.07, 6.45) is 9.11. The molecule has 2 amide bonds. The van der Waals surface area contributed by atoms with E-state index in [9.17, 15) is 4.79 Å². The molecule has 3 aromatic heterocycles. The summed E-state index contributed by atoms with van der Waals surface area (Å²) < 4.78 is 3.84. The molecule has 7 nitrogen and oxygen atoms in total. The van der Waals surface area contributed by atoms with Gasteiger partial charge in [-0.15, -0.1) is 0 Å². The lowest BCUT2D eigenvalue weighted by Gasteiger charge is -2.08. The van der Waals surface area contributed by atoms with E-state index in [1.54, 1.807) is 24.8 Å². The van der Waals surface area contributed by atoms with E-state index in [1.165, 1.54) is 5.56 Å². The van der Waals surface area contributed by atoms with Crippen LogP contribution in [0, 0.1) is 0 Å². The number of fused-ring (bicyclic) bond motifs is 1. The molecule has 4 aromatic rings. The summed E-state index contributed by atoms with van der Waals surface area (Å²) in [6, 6.07) is 11.5. The molecule has 0 radical (unpaired) electrons. The third-order valence-corrected chi connectivity index (χ3v) is 4.52. The number of carbonyl (C=O) groups excluding carboxylic acids is 1. The zero-order valence-electron chi connectivity index (χ0n) is 15.0. The number of halogens is 1. The largest absolute Gasteiger partial charge is 0.334 e. The Kier molecular flexibility index (Phi) is 5.25. The predicted molar refractivity (Wildman–Crippen MR) is 107 cm³/mol. The molecule has 142 valence electrons. The number of nitrogens with one attached hydrogen (secondary N) is 2. The standard InChI is InChI=1S/C20H19ClN6O/c21-17-5-6-19-25-18(13-27(19)12-17)10-24-20(28)23-9-15-1-3-16(4-2-15)11-26-8-7-22-14-26/h1-8,12-14H,9-11H2,(H2,23,24,28). The molecule has 2 N–H and O–H groups in total. The zero-order valence-corrected chi connectivity index (χ0v) is 15.8. The van der Waals surface area contributed by atoms with Crippen LogP contribution in [0.3, 0.4) is 0 Å². The predicted octanol–water partition coefficient (Wildman–Crippen LogP) is 3.23. The second-order valence-corrected chi connectivity index (χ2v) is 6.87. The van der Waals surface area contributed by atoms with Crippen molar-refractivity contribution in [1.82, 2.24) is 29.6 Å². The summed E-state index contributed by atoms with van der Waals surface area (Å²) in [7, 11) is 0. The van der Waals surface area contributed by atoms with Gasteiger partial charge in [0.05, 0.1) is 23.6 Å². The Morgan fingerprint density at radius 3 is 2.57 bits per heavy atom. The number of pyridine rings is 1. The maximum atomic E-state index is 12.0. The fourth-order valence-corrected chi connectivity index (χ4v) is 3.04. The van der Waals surface area contributed by atoms with E-state index in [4.69, 9.17) is 11.6 Å². The average Bonchev–Trinajstić information content (AvgIpc) is 3.35. The Bertz CT molecular complexity index is 1070. The minimum atomic E-state index is -0.238. The van der Waals surface area contributed by atoms with Crippen molar-refractivity contribution < 1.29 is 4.79 Å². The van der Waals surface area contributed by atoms with Crippen molar-refractivity contribution in [3.05, 3.63) is 89.4 Å². The van der Waals surface area contributed by atoms with Crippen molar-refractivity contribution in [3.8, 4) is 0 Å². The van der Waals surface area contributed by atoms with Crippen molar-refractivity contribution in [2.45, 2.75) is 19.6 Å². The molecule has 28 heavy (non-hydrogen) atoms. The Hall–Kier alpha value is -3.32. The highest BCUT2D eigenvalue weighted by atomic mass is 35.5. The summed E-state index contributed by atoms with van der Waals surface area (Å²) in [6.45, 7) is 1.57. The molecular weight excluding hydrogens is 376 g/mol. The van der Waals surface area contributed by atoms with E-state index in [-0.39, 0.29) is 6.03 Å². The Morgan fingerprint density at radius 1 is 1.00 bits per heavy atom. The van der Waals surface area contributed by atoms with Crippen molar-refractivity contribution in [1.29, 1.82) is 0 Å². The van der Waals surface area contributed by atoms with Crippen LogP contribution in [-0.4, -0.2) is 25.0 Å². The molecule has 4 rings (SSSR count). The number of imidazole rings is 2. The molecule has 1 aromatic carbocycles. The van der Waals surface area contributed by atoms with Gasteiger partial charge in [0.15, 0.2) is 0 Å². The summed E-state index contributed by atoms with van der Waals surface area (Å²) in [5.74, 6) is 0. The molecule has 0 bridgehead atoms. The van der Waals surface area contributed by atoms with Crippen LogP contribution in [0.15, 0.2) is 67.5 Å². The lowest BCUT2D eigenvalue weighted by atomic mass is 10.1. The van der Waals surface area contributed by atoms with Gasteiger partial charge in [-0.2, -0.15) is 0 Å². The first-order valence-corrected chi connectivity index (χ1v) is 9.22. The van der Waals surface area contributed by atoms with Crippen LogP contribution in [0.4, 0.5) is 4.79 Å². The van der Waals surface area contributed by atoms with Crippen LogP contribution in [-0.2, 0) is 19.6 Å². The Balaban J connectivity index is 1.25. The van der Waals surface area contributed by atoms with Crippen LogP contribution < -0.4 is 10.6 Å². The van der Waals surface area contributed by atoms with Gasteiger partial charge in [-0.25, -0.2) is 14.8 Å². The van der Waals surface area contributed by atoms with Crippen molar-refractivity contribution in [2.75, 3.05) is 0 Å². The number of benzene rings is 1. The summed E-state index contributed by atoms with van der Waals surface area (Å²) in [5.41, 5.74) is 3.77. The van der Waals surface area contributed by atoms with E-state index < -0.39 is 0 Å². The molecule has 3 heterocycles. The number of hydrogen-bond acceptors (Lipinski definition) is 3. The number of rotatable bonds is 6. The van der Waals surface area contributed by atoms with E-state index in [1.807, 2.05) is 39.6 Å². The topological polar surface area (TPSA) is 76.2 Å². The SMILES string of the molecule is O=C(NCc1ccc(Cn2ccnc2)cc1)NCc1cn2cc(Cl)ccc2n1. The molecule has 0 saturated carbocycles. The van der Waals surface area contributed by atoms with Crippen LogP contribution in [0.5, 0.6) is 0 Å². The summed E-state index contributed by atoms with van der Waals surface area (Å²) >= 11 is 5.97. The second kappa shape index (κ2) is 8.14. The van der Waals surface area contributed by atoms with Gasteiger partial charge >= 0.3 is 6.03 Å². The molecule has 0 aliphatic carbocycles. The second-order valence-electron chi connectivity index (χ2n) is 6.43. The fourth-order valence-electron chi connectivity index (χ4n) is 2.87. The summed E-state index contributed by atoms with van der Waals surface area (Å²) in [5, 5.41) is 6.31. The molecule has 0 aliphatic heterocycles. The van der Waals surface area contributed by atoms with Crippen LogP contribution in [0.1, 0.15) is 16.8 Å². The van der Waals surface area contributed by atoms with E-state index >= 15 is 0 Å². The molecule has 8 heteroatoms. The third-order valence-electron chi connectivity index (χ3n) is 4.30. The summed E-state index contributed by atoms with van der Waals surface area (Å²) in [4.78, 5) is 20.5. The van der Waals surface area contributed by atoms with E-state index in [0.717, 1.165) is 23.4 Å². The highest BCUT2D eigenvalue weighted by Crippen LogP contribution is 2.11. The number of urea groups is 1. The number of nitrogens with zero attached hydrogens (tertiary/aromatic N) is 4. The maximum Gasteiger partial charge on any atom is 0.315 e. The molecule has 0 saturated heterocycles. The quantitative estimate of drug-likeness (QED) is 0.527. The minimum absolute atomic E-state index is 0.238. The van der Waals surface area contributed by atoms with Gasteiger partial charge in [0.25, 0.3) is 0 Å². The molecule has 0 spiro atoms. The normalized spacial score (nSPS) is 10.9. The van der Waals surface area contributed by atoms with Gasteiger partial charge in [0.2, 0.25) is 0 Å². The monoisotopic (exact) mass is 394 g/mol. The maximum absolute atomic E-state index is 12.0. The van der Waals surface area contributed by atoms with Crippen molar-refractivity contribution in [3.63, 3.8) is 0 Å². The fraction of sp³-hybridized carbons (Fsp3) is 0.150. The molecular formula is C20H19ClN6O. The van der Waals surface area contributed by atoms with Gasteiger partial charge in [0.1, 0.15) is 5.65 Å². The van der Waals surface area contributed by atoms with E-state index in [0.29, 0.717) is 18.1 Å². The van der Waals surface area contributed by atoms with Crippen LogP contribution in [0.25, 0.3) is 5.65 Å².